The maximum absolute atomic E-state index is 3.81. The van der Waals surface area contributed by atoms with Crippen LogP contribution in [0.3, 0.4) is 0 Å². The first-order chi connectivity index (χ1) is 9.18. The summed E-state index contributed by atoms with van der Waals surface area (Å²) in [5.41, 5.74) is 0.623. The molecule has 0 aromatic carbocycles. The third-order valence-corrected chi connectivity index (χ3v) is 5.71. The monoisotopic (exact) mass is 266 g/mol. The van der Waals surface area contributed by atoms with Gasteiger partial charge in [0.2, 0.25) is 0 Å². The highest BCUT2D eigenvalue weighted by atomic mass is 15.2. The summed E-state index contributed by atoms with van der Waals surface area (Å²) in [6, 6.07) is 1.58. The van der Waals surface area contributed by atoms with Gasteiger partial charge in [0.15, 0.2) is 0 Å². The first-order valence-electron chi connectivity index (χ1n) is 8.66. The summed E-state index contributed by atoms with van der Waals surface area (Å²) in [5, 5.41) is 3.81. The molecule has 1 N–H and O–H groups in total. The molecule has 1 saturated heterocycles. The summed E-state index contributed by atoms with van der Waals surface area (Å²) in [6.45, 7) is 11.0. The Hall–Kier alpha value is -0.0800. The van der Waals surface area contributed by atoms with Gasteiger partial charge in [-0.3, -0.25) is 4.90 Å². The van der Waals surface area contributed by atoms with Gasteiger partial charge in [-0.05, 0) is 57.2 Å². The minimum Gasteiger partial charge on any atom is -0.312 e. The van der Waals surface area contributed by atoms with Gasteiger partial charge in [-0.2, -0.15) is 0 Å². The van der Waals surface area contributed by atoms with E-state index in [1.165, 1.54) is 71.0 Å². The predicted molar refractivity (Wildman–Crippen MR) is 83.5 cm³/mol. The predicted octanol–water partition coefficient (Wildman–Crippen LogP) is 3.81. The van der Waals surface area contributed by atoms with Crippen LogP contribution in [0, 0.1) is 5.41 Å². The lowest BCUT2D eigenvalue weighted by molar-refractivity contribution is 0.0496. The number of hydrogen-bond donors (Lipinski definition) is 1. The van der Waals surface area contributed by atoms with Gasteiger partial charge in [0.1, 0.15) is 0 Å². The minimum absolute atomic E-state index is 0.623. The fraction of sp³-hybridized carbons (Fsp3) is 1.00. The highest BCUT2D eigenvalue weighted by Crippen LogP contribution is 2.36. The van der Waals surface area contributed by atoms with Gasteiger partial charge in [0, 0.05) is 12.1 Å². The van der Waals surface area contributed by atoms with Gasteiger partial charge in [-0.1, -0.05) is 40.0 Å². The molecule has 0 spiro atoms. The number of likely N-dealkylation sites (tertiary alicyclic amines) is 1. The molecule has 1 heterocycles. The summed E-state index contributed by atoms with van der Waals surface area (Å²) >= 11 is 0. The molecule has 2 fully saturated rings. The molecule has 19 heavy (non-hydrogen) atoms. The van der Waals surface area contributed by atoms with E-state index >= 15 is 0 Å². The molecule has 0 aromatic heterocycles. The minimum atomic E-state index is 0.623. The fourth-order valence-corrected chi connectivity index (χ4v) is 3.87. The van der Waals surface area contributed by atoms with Crippen molar-refractivity contribution < 1.29 is 0 Å². The molecule has 1 aliphatic heterocycles. The molecule has 2 atom stereocenters. The van der Waals surface area contributed by atoms with E-state index in [0.717, 1.165) is 12.1 Å². The Morgan fingerprint density at radius 2 is 1.79 bits per heavy atom. The second-order valence-electron chi connectivity index (χ2n) is 7.11. The standard InChI is InChI=1S/C17H34N2/c1-4-12-18-15-8-6-7-9-16(15)19-13-10-17(3,5-2)11-14-19/h15-16,18H,4-14H2,1-3H3. The largest absolute Gasteiger partial charge is 0.312 e. The van der Waals surface area contributed by atoms with Crippen LogP contribution in [0.25, 0.3) is 0 Å². The number of piperidine rings is 1. The first-order valence-corrected chi connectivity index (χ1v) is 8.66. The Kier molecular flexibility index (Phi) is 5.70. The molecule has 2 rings (SSSR count). The fourth-order valence-electron chi connectivity index (χ4n) is 3.87. The van der Waals surface area contributed by atoms with Gasteiger partial charge >= 0.3 is 0 Å². The normalized spacial score (nSPS) is 32.4. The topological polar surface area (TPSA) is 15.3 Å². The van der Waals surface area contributed by atoms with E-state index in [0.29, 0.717) is 5.41 Å². The van der Waals surface area contributed by atoms with Gasteiger partial charge in [-0.25, -0.2) is 0 Å². The summed E-state index contributed by atoms with van der Waals surface area (Å²) in [6.07, 6.45) is 11.1. The van der Waals surface area contributed by atoms with Crippen LogP contribution in [0.2, 0.25) is 0 Å². The van der Waals surface area contributed by atoms with E-state index in [2.05, 4.69) is 31.0 Å². The lowest BCUT2D eigenvalue weighted by atomic mass is 9.77. The Balaban J connectivity index is 1.88. The smallest absolute Gasteiger partial charge is 0.0249 e. The molecule has 112 valence electrons. The number of nitrogens with zero attached hydrogens (tertiary/aromatic N) is 1. The van der Waals surface area contributed by atoms with Crippen LogP contribution in [-0.2, 0) is 0 Å². The van der Waals surface area contributed by atoms with Crippen molar-refractivity contribution in [1.82, 2.24) is 10.2 Å². The molecule has 2 aliphatic rings. The average Bonchev–Trinajstić information content (AvgIpc) is 2.46. The van der Waals surface area contributed by atoms with E-state index in [-0.39, 0.29) is 0 Å². The van der Waals surface area contributed by atoms with Crippen molar-refractivity contribution in [3.8, 4) is 0 Å². The van der Waals surface area contributed by atoms with Crippen molar-refractivity contribution in [1.29, 1.82) is 0 Å². The summed E-state index contributed by atoms with van der Waals surface area (Å²) in [5.74, 6) is 0. The van der Waals surface area contributed by atoms with Crippen LogP contribution in [-0.4, -0.2) is 36.6 Å². The van der Waals surface area contributed by atoms with Gasteiger partial charge in [-0.15, -0.1) is 0 Å². The van der Waals surface area contributed by atoms with Crippen molar-refractivity contribution in [2.45, 2.75) is 84.2 Å². The second kappa shape index (κ2) is 7.08. The van der Waals surface area contributed by atoms with Crippen LogP contribution in [0.4, 0.5) is 0 Å². The van der Waals surface area contributed by atoms with E-state index in [1.54, 1.807) is 0 Å². The molecular formula is C17H34N2. The SMILES string of the molecule is CCCNC1CCCCC1N1CCC(C)(CC)CC1. The van der Waals surface area contributed by atoms with Gasteiger partial charge < -0.3 is 5.32 Å². The van der Waals surface area contributed by atoms with Crippen molar-refractivity contribution >= 4 is 0 Å². The Morgan fingerprint density at radius 3 is 2.42 bits per heavy atom. The third kappa shape index (κ3) is 3.95. The van der Waals surface area contributed by atoms with Crippen molar-refractivity contribution in [2.75, 3.05) is 19.6 Å². The molecule has 0 amide bonds. The van der Waals surface area contributed by atoms with Gasteiger partial charge in [0.05, 0.1) is 0 Å². The maximum Gasteiger partial charge on any atom is 0.0249 e. The summed E-state index contributed by atoms with van der Waals surface area (Å²) < 4.78 is 0. The molecule has 0 radical (unpaired) electrons. The highest BCUT2D eigenvalue weighted by Gasteiger charge is 2.35. The average molecular weight is 266 g/mol. The van der Waals surface area contributed by atoms with E-state index in [1.807, 2.05) is 0 Å². The molecular weight excluding hydrogens is 232 g/mol. The van der Waals surface area contributed by atoms with Crippen molar-refractivity contribution in [2.24, 2.45) is 5.41 Å². The Bertz CT molecular complexity index is 256. The van der Waals surface area contributed by atoms with E-state index in [4.69, 9.17) is 0 Å². The van der Waals surface area contributed by atoms with Crippen LogP contribution < -0.4 is 5.32 Å². The number of rotatable bonds is 5. The Labute approximate surface area is 120 Å². The molecule has 1 saturated carbocycles. The van der Waals surface area contributed by atoms with Crippen LogP contribution in [0.5, 0.6) is 0 Å². The Morgan fingerprint density at radius 1 is 1.11 bits per heavy atom. The zero-order chi connectivity index (χ0) is 13.7. The zero-order valence-electron chi connectivity index (χ0n) is 13.4. The zero-order valence-corrected chi connectivity index (χ0v) is 13.4. The van der Waals surface area contributed by atoms with Crippen LogP contribution in [0.15, 0.2) is 0 Å². The van der Waals surface area contributed by atoms with Crippen LogP contribution >= 0.6 is 0 Å². The summed E-state index contributed by atoms with van der Waals surface area (Å²) in [7, 11) is 0. The molecule has 0 aromatic rings. The van der Waals surface area contributed by atoms with Crippen molar-refractivity contribution in [3.05, 3.63) is 0 Å². The van der Waals surface area contributed by atoms with Crippen molar-refractivity contribution in [3.63, 3.8) is 0 Å². The quantitative estimate of drug-likeness (QED) is 0.814. The molecule has 2 unspecified atom stereocenters. The highest BCUT2D eigenvalue weighted by molar-refractivity contribution is 4.92. The second-order valence-corrected chi connectivity index (χ2v) is 7.11. The number of hydrogen-bond acceptors (Lipinski definition) is 2. The molecule has 2 heteroatoms. The lowest BCUT2D eigenvalue weighted by Crippen LogP contribution is -2.54. The maximum atomic E-state index is 3.81. The number of nitrogens with one attached hydrogen (secondary N) is 1. The lowest BCUT2D eigenvalue weighted by Gasteiger charge is -2.46. The van der Waals surface area contributed by atoms with E-state index in [9.17, 15) is 0 Å². The molecule has 2 nitrogen and oxygen atoms in total. The van der Waals surface area contributed by atoms with Gasteiger partial charge in [0.25, 0.3) is 0 Å². The first kappa shape index (κ1) is 15.3. The third-order valence-electron chi connectivity index (χ3n) is 5.71. The molecule has 0 bridgehead atoms. The van der Waals surface area contributed by atoms with E-state index < -0.39 is 0 Å². The van der Waals surface area contributed by atoms with Crippen LogP contribution in [0.1, 0.15) is 72.1 Å². The molecule has 1 aliphatic carbocycles. The summed E-state index contributed by atoms with van der Waals surface area (Å²) in [4.78, 5) is 2.81.